The zero-order valence-electron chi connectivity index (χ0n) is 11.1. The standard InChI is InChI=1S/C14H18N2OS2/c1-16(2)12(13-6-4-8-19-13)10-15-14(17)9-11-5-3-7-18-11/h3-8,12H,9-10H2,1-2H3,(H,15,17)/t12-/m1/s1. The number of nitrogens with zero attached hydrogens (tertiary/aromatic N) is 1. The van der Waals surface area contributed by atoms with Gasteiger partial charge in [0.25, 0.3) is 0 Å². The van der Waals surface area contributed by atoms with Gasteiger partial charge in [-0.25, -0.2) is 0 Å². The number of likely N-dealkylation sites (N-methyl/N-ethyl adjacent to an activating group) is 1. The van der Waals surface area contributed by atoms with Crippen LogP contribution in [0.3, 0.4) is 0 Å². The monoisotopic (exact) mass is 294 g/mol. The lowest BCUT2D eigenvalue weighted by Crippen LogP contribution is -2.34. The third-order valence-electron chi connectivity index (χ3n) is 2.90. The average molecular weight is 294 g/mol. The second-order valence-corrected chi connectivity index (χ2v) is 6.57. The van der Waals surface area contributed by atoms with Crippen LogP contribution in [-0.4, -0.2) is 31.4 Å². The molecule has 5 heteroatoms. The lowest BCUT2D eigenvalue weighted by molar-refractivity contribution is -0.120. The highest BCUT2D eigenvalue weighted by molar-refractivity contribution is 7.10. The Labute approximate surface area is 121 Å². The van der Waals surface area contributed by atoms with Crippen molar-refractivity contribution in [2.75, 3.05) is 20.6 Å². The van der Waals surface area contributed by atoms with Gasteiger partial charge in [-0.05, 0) is 37.0 Å². The van der Waals surface area contributed by atoms with Crippen LogP contribution in [0.5, 0.6) is 0 Å². The summed E-state index contributed by atoms with van der Waals surface area (Å²) in [5.74, 6) is 0.0888. The molecule has 2 aromatic rings. The van der Waals surface area contributed by atoms with Crippen LogP contribution in [0.4, 0.5) is 0 Å². The SMILES string of the molecule is CN(C)[C@H](CNC(=O)Cc1cccs1)c1cccs1. The molecule has 0 aliphatic rings. The normalized spacial score (nSPS) is 12.6. The van der Waals surface area contributed by atoms with Crippen LogP contribution in [-0.2, 0) is 11.2 Å². The summed E-state index contributed by atoms with van der Waals surface area (Å²) in [4.78, 5) is 16.4. The van der Waals surface area contributed by atoms with Gasteiger partial charge in [0.05, 0.1) is 12.5 Å². The summed E-state index contributed by atoms with van der Waals surface area (Å²) in [5.41, 5.74) is 0. The molecule has 0 spiro atoms. The molecular formula is C14H18N2OS2. The number of rotatable bonds is 6. The molecule has 19 heavy (non-hydrogen) atoms. The molecule has 0 radical (unpaired) electrons. The van der Waals surface area contributed by atoms with Crippen LogP contribution in [0.2, 0.25) is 0 Å². The largest absolute Gasteiger partial charge is 0.354 e. The Kier molecular flexibility index (Phi) is 5.13. The number of thiophene rings is 2. The predicted molar refractivity (Wildman–Crippen MR) is 81.8 cm³/mol. The molecule has 0 aromatic carbocycles. The Morgan fingerprint density at radius 3 is 2.58 bits per heavy atom. The highest BCUT2D eigenvalue weighted by atomic mass is 32.1. The van der Waals surface area contributed by atoms with E-state index in [9.17, 15) is 4.79 Å². The molecule has 1 atom stereocenters. The summed E-state index contributed by atoms with van der Waals surface area (Å²) in [6.45, 7) is 0.651. The van der Waals surface area contributed by atoms with Crippen molar-refractivity contribution in [1.29, 1.82) is 0 Å². The summed E-state index contributed by atoms with van der Waals surface area (Å²) in [7, 11) is 4.08. The van der Waals surface area contributed by atoms with E-state index < -0.39 is 0 Å². The zero-order valence-corrected chi connectivity index (χ0v) is 12.8. The van der Waals surface area contributed by atoms with E-state index in [1.807, 2.05) is 37.7 Å². The molecule has 0 aliphatic heterocycles. The Bertz CT molecular complexity index is 492. The smallest absolute Gasteiger partial charge is 0.225 e. The first kappa shape index (κ1) is 14.2. The molecule has 102 valence electrons. The van der Waals surface area contributed by atoms with Crippen LogP contribution in [0.15, 0.2) is 35.0 Å². The molecule has 0 saturated carbocycles. The van der Waals surface area contributed by atoms with E-state index >= 15 is 0 Å². The van der Waals surface area contributed by atoms with Gasteiger partial charge in [-0.2, -0.15) is 0 Å². The fraction of sp³-hybridized carbons (Fsp3) is 0.357. The summed E-state index contributed by atoms with van der Waals surface area (Å²) < 4.78 is 0. The van der Waals surface area contributed by atoms with Crippen LogP contribution in [0.25, 0.3) is 0 Å². The van der Waals surface area contributed by atoms with Crippen molar-refractivity contribution in [2.24, 2.45) is 0 Å². The number of carbonyl (C=O) groups is 1. The van der Waals surface area contributed by atoms with Crippen molar-refractivity contribution < 1.29 is 4.79 Å². The first-order chi connectivity index (χ1) is 9.16. The fourth-order valence-corrected chi connectivity index (χ4v) is 3.49. The lowest BCUT2D eigenvalue weighted by atomic mass is 10.2. The topological polar surface area (TPSA) is 32.3 Å². The molecule has 2 rings (SSSR count). The van der Waals surface area contributed by atoms with E-state index in [1.165, 1.54) is 4.88 Å². The van der Waals surface area contributed by atoms with E-state index in [0.29, 0.717) is 13.0 Å². The summed E-state index contributed by atoms with van der Waals surface area (Å²) in [6, 6.07) is 8.37. The molecule has 2 aromatic heterocycles. The quantitative estimate of drug-likeness (QED) is 0.888. The van der Waals surface area contributed by atoms with Crippen LogP contribution in [0.1, 0.15) is 15.8 Å². The van der Waals surface area contributed by atoms with Gasteiger partial charge < -0.3 is 10.2 Å². The highest BCUT2D eigenvalue weighted by Gasteiger charge is 2.16. The summed E-state index contributed by atoms with van der Waals surface area (Å²) in [5, 5.41) is 7.09. The highest BCUT2D eigenvalue weighted by Crippen LogP contribution is 2.22. The molecule has 0 unspecified atom stereocenters. The number of carbonyl (C=O) groups excluding carboxylic acids is 1. The maximum atomic E-state index is 11.9. The second-order valence-electron chi connectivity index (χ2n) is 4.56. The predicted octanol–water partition coefficient (Wildman–Crippen LogP) is 2.77. The van der Waals surface area contributed by atoms with Crippen LogP contribution >= 0.6 is 22.7 Å². The fourth-order valence-electron chi connectivity index (χ4n) is 1.86. The summed E-state index contributed by atoms with van der Waals surface area (Å²) in [6.07, 6.45) is 0.474. The van der Waals surface area contributed by atoms with Gasteiger partial charge in [0, 0.05) is 16.3 Å². The van der Waals surface area contributed by atoms with E-state index in [1.54, 1.807) is 22.7 Å². The molecule has 0 bridgehead atoms. The number of amides is 1. The minimum atomic E-state index is 0.0888. The average Bonchev–Trinajstić information content (AvgIpc) is 3.01. The Morgan fingerprint density at radius 1 is 1.26 bits per heavy atom. The van der Waals surface area contributed by atoms with Gasteiger partial charge in [0.2, 0.25) is 5.91 Å². The minimum absolute atomic E-state index is 0.0888. The molecule has 0 fully saturated rings. The molecule has 1 N–H and O–H groups in total. The Morgan fingerprint density at radius 2 is 2.00 bits per heavy atom. The lowest BCUT2D eigenvalue weighted by Gasteiger charge is -2.23. The van der Waals surface area contributed by atoms with Crippen molar-refractivity contribution in [3.63, 3.8) is 0 Å². The number of hydrogen-bond acceptors (Lipinski definition) is 4. The van der Waals surface area contributed by atoms with Crippen molar-refractivity contribution in [3.05, 3.63) is 44.8 Å². The van der Waals surface area contributed by atoms with Gasteiger partial charge in [0.15, 0.2) is 0 Å². The Hall–Kier alpha value is -1.17. The maximum absolute atomic E-state index is 11.9. The van der Waals surface area contributed by atoms with Gasteiger partial charge in [0.1, 0.15) is 0 Å². The van der Waals surface area contributed by atoms with Crippen LogP contribution < -0.4 is 5.32 Å². The maximum Gasteiger partial charge on any atom is 0.225 e. The van der Waals surface area contributed by atoms with Crippen molar-refractivity contribution in [2.45, 2.75) is 12.5 Å². The third-order valence-corrected chi connectivity index (χ3v) is 4.75. The molecule has 0 saturated heterocycles. The van der Waals surface area contributed by atoms with Gasteiger partial charge >= 0.3 is 0 Å². The number of nitrogens with one attached hydrogen (secondary N) is 1. The third kappa shape index (κ3) is 4.16. The molecular weight excluding hydrogens is 276 g/mol. The van der Waals surface area contributed by atoms with Crippen molar-refractivity contribution in [1.82, 2.24) is 10.2 Å². The Balaban J connectivity index is 1.87. The number of hydrogen-bond donors (Lipinski definition) is 1. The van der Waals surface area contributed by atoms with Crippen LogP contribution in [0, 0.1) is 0 Å². The van der Waals surface area contributed by atoms with E-state index in [4.69, 9.17) is 0 Å². The second kappa shape index (κ2) is 6.84. The first-order valence-corrected chi connectivity index (χ1v) is 7.91. The first-order valence-electron chi connectivity index (χ1n) is 6.15. The van der Waals surface area contributed by atoms with Gasteiger partial charge in [-0.3, -0.25) is 4.79 Å². The molecule has 1 amide bonds. The van der Waals surface area contributed by atoms with E-state index in [2.05, 4.69) is 21.7 Å². The van der Waals surface area contributed by atoms with Gasteiger partial charge in [-0.15, -0.1) is 22.7 Å². The van der Waals surface area contributed by atoms with E-state index in [-0.39, 0.29) is 11.9 Å². The molecule has 0 aliphatic carbocycles. The minimum Gasteiger partial charge on any atom is -0.354 e. The van der Waals surface area contributed by atoms with E-state index in [0.717, 1.165) is 4.88 Å². The molecule has 2 heterocycles. The van der Waals surface area contributed by atoms with Crippen molar-refractivity contribution >= 4 is 28.6 Å². The molecule has 3 nitrogen and oxygen atoms in total. The van der Waals surface area contributed by atoms with Gasteiger partial charge in [-0.1, -0.05) is 12.1 Å². The van der Waals surface area contributed by atoms with Crippen molar-refractivity contribution in [3.8, 4) is 0 Å². The summed E-state index contributed by atoms with van der Waals surface area (Å²) >= 11 is 3.35. The zero-order chi connectivity index (χ0) is 13.7.